The molecule has 1 aromatic carbocycles. The van der Waals surface area contributed by atoms with Crippen LogP contribution in [0.4, 0.5) is 0 Å². The molecule has 0 radical (unpaired) electrons. The lowest BCUT2D eigenvalue weighted by Gasteiger charge is -2.09. The number of carboxylic acid groups (broad SMARTS) is 1. The Balaban J connectivity index is 2.98. The van der Waals surface area contributed by atoms with Gasteiger partial charge in [0.05, 0.1) is 15.5 Å². The molecular formula is C11H13BrClNO5S2. The van der Waals surface area contributed by atoms with Crippen molar-refractivity contribution < 1.29 is 22.5 Å². The third-order valence-electron chi connectivity index (χ3n) is 2.44. The van der Waals surface area contributed by atoms with Crippen molar-refractivity contribution in [3.05, 3.63) is 27.2 Å². The highest BCUT2D eigenvalue weighted by Crippen LogP contribution is 2.29. The molecule has 0 heterocycles. The Kier molecular flexibility index (Phi) is 6.79. The summed E-state index contributed by atoms with van der Waals surface area (Å²) in [5.74, 6) is -0.938. The Morgan fingerprint density at radius 2 is 2.10 bits per heavy atom. The Morgan fingerprint density at radius 1 is 1.48 bits per heavy atom. The summed E-state index contributed by atoms with van der Waals surface area (Å²) in [6.07, 6.45) is 1.95. The third kappa shape index (κ3) is 5.33. The molecule has 0 aliphatic heterocycles. The summed E-state index contributed by atoms with van der Waals surface area (Å²) in [6.45, 7) is 0.116. The van der Waals surface area contributed by atoms with E-state index in [-0.39, 0.29) is 26.5 Å². The zero-order chi connectivity index (χ0) is 16.2. The van der Waals surface area contributed by atoms with E-state index in [0.29, 0.717) is 12.2 Å². The first-order chi connectivity index (χ1) is 9.65. The second-order valence-electron chi connectivity index (χ2n) is 4.10. The van der Waals surface area contributed by atoms with Gasteiger partial charge in [0.25, 0.3) is 0 Å². The maximum atomic E-state index is 12.1. The van der Waals surface area contributed by atoms with E-state index in [1.807, 2.05) is 0 Å². The maximum absolute atomic E-state index is 12.1. The number of carboxylic acids is 1. The molecule has 21 heavy (non-hydrogen) atoms. The van der Waals surface area contributed by atoms with Crippen LogP contribution in [0.1, 0.15) is 16.8 Å². The molecule has 118 valence electrons. The zero-order valence-corrected chi connectivity index (χ0v) is 14.9. The zero-order valence-electron chi connectivity index (χ0n) is 10.9. The molecule has 10 heteroatoms. The van der Waals surface area contributed by atoms with Crippen molar-refractivity contribution in [2.75, 3.05) is 18.6 Å². The fraction of sp³-hybridized carbons (Fsp3) is 0.364. The van der Waals surface area contributed by atoms with Crippen molar-refractivity contribution >= 4 is 54.3 Å². The molecule has 0 amide bonds. The van der Waals surface area contributed by atoms with Crippen LogP contribution in [-0.2, 0) is 20.8 Å². The van der Waals surface area contributed by atoms with Gasteiger partial charge in [-0.25, -0.2) is 17.9 Å². The molecular weight excluding hydrogens is 406 g/mol. The van der Waals surface area contributed by atoms with Crippen LogP contribution in [0.3, 0.4) is 0 Å². The van der Waals surface area contributed by atoms with Gasteiger partial charge in [0.2, 0.25) is 10.0 Å². The Bertz CT molecular complexity index is 677. The Labute approximate surface area is 138 Å². The predicted octanol–water partition coefficient (Wildman–Crippen LogP) is 1.85. The topological polar surface area (TPSA) is 101 Å². The van der Waals surface area contributed by atoms with Gasteiger partial charge in [0.1, 0.15) is 0 Å². The molecule has 0 aliphatic rings. The average Bonchev–Trinajstić information content (AvgIpc) is 2.37. The van der Waals surface area contributed by atoms with Gasteiger partial charge in [0, 0.05) is 33.8 Å². The number of nitrogens with one attached hydrogen (secondary N) is 1. The fourth-order valence-electron chi connectivity index (χ4n) is 1.44. The number of carbonyl (C=O) groups is 1. The molecule has 1 rings (SSSR count). The highest BCUT2D eigenvalue weighted by atomic mass is 79.9. The quantitative estimate of drug-likeness (QED) is 0.658. The predicted molar refractivity (Wildman–Crippen MR) is 84.9 cm³/mol. The second-order valence-corrected chi connectivity index (χ2v) is 8.65. The summed E-state index contributed by atoms with van der Waals surface area (Å²) in [6, 6.07) is 2.23. The van der Waals surface area contributed by atoms with Crippen LogP contribution in [0.2, 0.25) is 5.02 Å². The van der Waals surface area contributed by atoms with Crippen molar-refractivity contribution in [1.82, 2.24) is 4.72 Å². The van der Waals surface area contributed by atoms with Crippen LogP contribution in [0.25, 0.3) is 0 Å². The van der Waals surface area contributed by atoms with E-state index in [9.17, 15) is 17.4 Å². The molecule has 0 aromatic heterocycles. The summed E-state index contributed by atoms with van der Waals surface area (Å²) in [7, 11) is -4.85. The Hall–Kier alpha value is -0.480. The summed E-state index contributed by atoms with van der Waals surface area (Å²) in [5.41, 5.74) is -0.305. The molecule has 0 saturated heterocycles. The number of rotatable bonds is 7. The van der Waals surface area contributed by atoms with Crippen LogP contribution < -0.4 is 4.72 Å². The number of benzene rings is 1. The SMILES string of the molecule is CS(=O)CCCNS(=O)(=O)c1cc(Br)c(Cl)c(C(=O)O)c1. The second kappa shape index (κ2) is 7.68. The highest BCUT2D eigenvalue weighted by Gasteiger charge is 2.20. The molecule has 0 spiro atoms. The normalized spacial score (nSPS) is 13.1. The summed E-state index contributed by atoms with van der Waals surface area (Å²) in [4.78, 5) is 10.8. The number of hydrogen-bond acceptors (Lipinski definition) is 4. The van der Waals surface area contributed by atoms with Gasteiger partial charge in [-0.05, 0) is 34.5 Å². The smallest absolute Gasteiger partial charge is 0.337 e. The van der Waals surface area contributed by atoms with Crippen LogP contribution in [-0.4, -0.2) is 42.3 Å². The molecule has 0 aliphatic carbocycles. The van der Waals surface area contributed by atoms with E-state index in [4.69, 9.17) is 16.7 Å². The molecule has 6 nitrogen and oxygen atoms in total. The first-order valence-corrected chi connectivity index (χ1v) is 10.1. The number of halogens is 2. The van der Waals surface area contributed by atoms with Gasteiger partial charge in [-0.3, -0.25) is 4.21 Å². The van der Waals surface area contributed by atoms with Gasteiger partial charge in [-0.1, -0.05) is 11.6 Å². The largest absolute Gasteiger partial charge is 0.478 e. The van der Waals surface area contributed by atoms with E-state index in [0.717, 1.165) is 6.07 Å². The molecule has 0 saturated carbocycles. The minimum absolute atomic E-state index is 0.0668. The average molecular weight is 419 g/mol. The van der Waals surface area contributed by atoms with Crippen LogP contribution in [0.5, 0.6) is 0 Å². The van der Waals surface area contributed by atoms with E-state index in [1.54, 1.807) is 0 Å². The molecule has 0 bridgehead atoms. The first kappa shape index (κ1) is 18.6. The minimum Gasteiger partial charge on any atom is -0.478 e. The lowest BCUT2D eigenvalue weighted by molar-refractivity contribution is 0.0696. The van der Waals surface area contributed by atoms with Gasteiger partial charge in [-0.15, -0.1) is 0 Å². The van der Waals surface area contributed by atoms with E-state index >= 15 is 0 Å². The summed E-state index contributed by atoms with van der Waals surface area (Å²) < 4.78 is 37.5. The molecule has 1 atom stereocenters. The molecule has 2 N–H and O–H groups in total. The van der Waals surface area contributed by atoms with Crippen molar-refractivity contribution in [2.45, 2.75) is 11.3 Å². The number of sulfonamides is 1. The summed E-state index contributed by atoms with van der Waals surface area (Å²) >= 11 is 8.83. The van der Waals surface area contributed by atoms with Crippen LogP contribution in [0.15, 0.2) is 21.5 Å². The Morgan fingerprint density at radius 3 is 2.62 bits per heavy atom. The van der Waals surface area contributed by atoms with Crippen LogP contribution in [0, 0.1) is 0 Å². The van der Waals surface area contributed by atoms with Gasteiger partial charge in [-0.2, -0.15) is 0 Å². The maximum Gasteiger partial charge on any atom is 0.337 e. The van der Waals surface area contributed by atoms with E-state index < -0.39 is 26.8 Å². The van der Waals surface area contributed by atoms with Crippen LogP contribution >= 0.6 is 27.5 Å². The van der Waals surface area contributed by atoms with Gasteiger partial charge < -0.3 is 5.11 Å². The van der Waals surface area contributed by atoms with Gasteiger partial charge >= 0.3 is 5.97 Å². The van der Waals surface area contributed by atoms with Gasteiger partial charge in [0.15, 0.2) is 0 Å². The van der Waals surface area contributed by atoms with Crippen molar-refractivity contribution in [3.63, 3.8) is 0 Å². The van der Waals surface area contributed by atoms with Crippen molar-refractivity contribution in [2.24, 2.45) is 0 Å². The minimum atomic E-state index is -3.85. The molecule has 1 aromatic rings. The summed E-state index contributed by atoms with van der Waals surface area (Å²) in [5, 5.41) is 8.93. The first-order valence-electron chi connectivity index (χ1n) is 5.67. The molecule has 0 fully saturated rings. The number of hydrogen-bond donors (Lipinski definition) is 2. The van der Waals surface area contributed by atoms with E-state index in [1.165, 1.54) is 12.3 Å². The standard InChI is InChI=1S/C11H13BrClNO5S2/c1-20(17)4-2-3-14-21(18,19)7-5-8(11(15)16)10(13)9(12)6-7/h5-6,14H,2-4H2,1H3,(H,15,16). The number of aromatic carboxylic acids is 1. The van der Waals surface area contributed by atoms with Crippen molar-refractivity contribution in [3.8, 4) is 0 Å². The van der Waals surface area contributed by atoms with Crippen molar-refractivity contribution in [1.29, 1.82) is 0 Å². The third-order valence-corrected chi connectivity index (χ3v) is 6.01. The molecule has 1 unspecified atom stereocenters. The fourth-order valence-corrected chi connectivity index (χ4v) is 3.92. The lowest BCUT2D eigenvalue weighted by Crippen LogP contribution is -2.26. The monoisotopic (exact) mass is 417 g/mol. The highest BCUT2D eigenvalue weighted by molar-refractivity contribution is 9.10. The van der Waals surface area contributed by atoms with E-state index in [2.05, 4.69) is 20.7 Å². The lowest BCUT2D eigenvalue weighted by atomic mass is 10.2.